The number of hydrogen-bond acceptors (Lipinski definition) is 6. The molecule has 156 valence electrons. The van der Waals surface area contributed by atoms with Crippen molar-refractivity contribution in [1.29, 1.82) is 0 Å². The van der Waals surface area contributed by atoms with Crippen LogP contribution in [0.15, 0.2) is 42.5 Å². The number of anilines is 1. The Balaban J connectivity index is 1.29. The highest BCUT2D eigenvalue weighted by Crippen LogP contribution is 2.28. The van der Waals surface area contributed by atoms with Crippen molar-refractivity contribution in [1.82, 2.24) is 0 Å². The first kappa shape index (κ1) is 20.1. The first-order valence-electron chi connectivity index (χ1n) is 9.95. The Morgan fingerprint density at radius 2 is 1.90 bits per heavy atom. The van der Waals surface area contributed by atoms with Crippen LogP contribution >= 0.6 is 0 Å². The fourth-order valence-corrected chi connectivity index (χ4v) is 3.59. The summed E-state index contributed by atoms with van der Waals surface area (Å²) in [6, 6.07) is 11.7. The molecule has 0 saturated carbocycles. The van der Waals surface area contributed by atoms with Gasteiger partial charge in [-0.1, -0.05) is 0 Å². The van der Waals surface area contributed by atoms with E-state index in [1.54, 1.807) is 54.4 Å². The van der Waals surface area contributed by atoms with Crippen molar-refractivity contribution in [3.8, 4) is 5.75 Å². The zero-order valence-corrected chi connectivity index (χ0v) is 16.8. The summed E-state index contributed by atoms with van der Waals surface area (Å²) in [5.41, 5.74) is 2.37. The third-order valence-corrected chi connectivity index (χ3v) is 5.36. The molecule has 1 amide bonds. The summed E-state index contributed by atoms with van der Waals surface area (Å²) >= 11 is 0. The number of carbonyl (C=O) groups excluding carboxylic acids is 3. The minimum Gasteiger partial charge on any atom is -0.491 e. The van der Waals surface area contributed by atoms with E-state index >= 15 is 0 Å². The predicted octanol–water partition coefficient (Wildman–Crippen LogP) is 2.80. The molecule has 4 rings (SSSR count). The van der Waals surface area contributed by atoms with Crippen LogP contribution in [-0.2, 0) is 20.7 Å². The Bertz CT molecular complexity index is 962. The minimum absolute atomic E-state index is 0.00998. The standard InChI is InChI=1S/C23H23NO6/c1-24-20-9-6-16(11-17(20)12-22(24)26)21(25)14-30-23(27)15-4-7-18(8-5-15)29-13-19-3-2-10-28-19/h4-9,11,19H,2-3,10,12-14H2,1H3/t19-/m1/s1. The zero-order valence-electron chi connectivity index (χ0n) is 16.8. The first-order chi connectivity index (χ1) is 14.5. The van der Waals surface area contributed by atoms with Crippen LogP contribution in [0, 0.1) is 0 Å². The van der Waals surface area contributed by atoms with E-state index in [4.69, 9.17) is 14.2 Å². The molecule has 2 aromatic carbocycles. The Labute approximate surface area is 174 Å². The molecule has 2 aliphatic rings. The van der Waals surface area contributed by atoms with E-state index in [1.807, 2.05) is 0 Å². The Kier molecular flexibility index (Phi) is 5.81. The lowest BCUT2D eigenvalue weighted by atomic mass is 10.1. The number of fused-ring (bicyclic) bond motifs is 1. The van der Waals surface area contributed by atoms with E-state index in [1.165, 1.54) is 0 Å². The summed E-state index contributed by atoms with van der Waals surface area (Å²) in [6.07, 6.45) is 2.44. The molecule has 0 spiro atoms. The number of benzene rings is 2. The van der Waals surface area contributed by atoms with Crippen molar-refractivity contribution >= 4 is 23.3 Å². The monoisotopic (exact) mass is 409 g/mol. The van der Waals surface area contributed by atoms with Crippen molar-refractivity contribution < 1.29 is 28.6 Å². The van der Waals surface area contributed by atoms with Crippen LogP contribution in [-0.4, -0.2) is 50.6 Å². The second-order valence-corrected chi connectivity index (χ2v) is 7.44. The van der Waals surface area contributed by atoms with Crippen LogP contribution < -0.4 is 9.64 Å². The summed E-state index contributed by atoms with van der Waals surface area (Å²) in [5, 5.41) is 0. The summed E-state index contributed by atoms with van der Waals surface area (Å²) in [6.45, 7) is 0.900. The number of nitrogens with zero attached hydrogens (tertiary/aromatic N) is 1. The molecule has 0 bridgehead atoms. The quantitative estimate of drug-likeness (QED) is 0.517. The van der Waals surface area contributed by atoms with Gasteiger partial charge in [0, 0.05) is 24.9 Å². The summed E-state index contributed by atoms with van der Waals surface area (Å²) < 4.78 is 16.3. The molecule has 2 aliphatic heterocycles. The summed E-state index contributed by atoms with van der Waals surface area (Å²) in [5.74, 6) is -0.255. The number of Topliss-reactive ketones (excluding diaryl/α,β-unsaturated/α-hetero) is 1. The first-order valence-corrected chi connectivity index (χ1v) is 9.95. The van der Waals surface area contributed by atoms with Gasteiger partial charge in [-0.2, -0.15) is 0 Å². The van der Waals surface area contributed by atoms with E-state index < -0.39 is 5.97 Å². The van der Waals surface area contributed by atoms with Crippen LogP contribution in [0.1, 0.15) is 39.1 Å². The molecule has 1 atom stereocenters. The number of carbonyl (C=O) groups is 3. The van der Waals surface area contributed by atoms with Gasteiger partial charge >= 0.3 is 5.97 Å². The molecular formula is C23H23NO6. The normalized spacial score (nSPS) is 17.7. The maximum absolute atomic E-state index is 12.4. The third-order valence-electron chi connectivity index (χ3n) is 5.36. The summed E-state index contributed by atoms with van der Waals surface area (Å²) in [7, 11) is 1.70. The lowest BCUT2D eigenvalue weighted by molar-refractivity contribution is -0.117. The lowest BCUT2D eigenvalue weighted by Crippen LogP contribution is -2.20. The second kappa shape index (κ2) is 8.67. The van der Waals surface area contributed by atoms with E-state index in [-0.39, 0.29) is 30.8 Å². The molecular weight excluding hydrogens is 386 g/mol. The van der Waals surface area contributed by atoms with E-state index in [0.29, 0.717) is 23.5 Å². The molecule has 7 nitrogen and oxygen atoms in total. The van der Waals surface area contributed by atoms with Crippen LogP contribution in [0.3, 0.4) is 0 Å². The molecule has 0 aromatic heterocycles. The van der Waals surface area contributed by atoms with Gasteiger partial charge < -0.3 is 19.1 Å². The number of rotatable bonds is 7. The van der Waals surface area contributed by atoms with Gasteiger partial charge in [-0.25, -0.2) is 4.79 Å². The second-order valence-electron chi connectivity index (χ2n) is 7.44. The molecule has 1 saturated heterocycles. The van der Waals surface area contributed by atoms with Gasteiger partial charge in [0.2, 0.25) is 5.91 Å². The van der Waals surface area contributed by atoms with Crippen LogP contribution in [0.5, 0.6) is 5.75 Å². The van der Waals surface area contributed by atoms with E-state index in [0.717, 1.165) is 30.7 Å². The molecule has 2 aromatic rings. The van der Waals surface area contributed by atoms with E-state index in [2.05, 4.69) is 0 Å². The average Bonchev–Trinajstić information content (AvgIpc) is 3.38. The highest BCUT2D eigenvalue weighted by atomic mass is 16.5. The molecule has 0 aliphatic carbocycles. The van der Waals surface area contributed by atoms with Crippen molar-refractivity contribution in [3.05, 3.63) is 59.2 Å². The van der Waals surface area contributed by atoms with Gasteiger partial charge in [-0.15, -0.1) is 0 Å². The van der Waals surface area contributed by atoms with Crippen molar-refractivity contribution in [2.24, 2.45) is 0 Å². The fraction of sp³-hybridized carbons (Fsp3) is 0.348. The molecule has 0 N–H and O–H groups in total. The Morgan fingerprint density at radius 1 is 1.13 bits per heavy atom. The Morgan fingerprint density at radius 3 is 2.63 bits per heavy atom. The number of hydrogen-bond donors (Lipinski definition) is 0. The van der Waals surface area contributed by atoms with Crippen LogP contribution in [0.2, 0.25) is 0 Å². The van der Waals surface area contributed by atoms with E-state index in [9.17, 15) is 14.4 Å². The van der Waals surface area contributed by atoms with Crippen molar-refractivity contribution in [2.75, 3.05) is 31.8 Å². The summed E-state index contributed by atoms with van der Waals surface area (Å²) in [4.78, 5) is 38.0. The molecule has 1 fully saturated rings. The average molecular weight is 409 g/mol. The van der Waals surface area contributed by atoms with Gasteiger partial charge in [-0.05, 0) is 60.9 Å². The maximum Gasteiger partial charge on any atom is 0.338 e. The third kappa shape index (κ3) is 4.36. The van der Waals surface area contributed by atoms with Gasteiger partial charge in [0.25, 0.3) is 0 Å². The number of esters is 1. The highest BCUT2D eigenvalue weighted by Gasteiger charge is 2.25. The van der Waals surface area contributed by atoms with Crippen molar-refractivity contribution in [3.63, 3.8) is 0 Å². The number of amides is 1. The van der Waals surface area contributed by atoms with Gasteiger partial charge in [-0.3, -0.25) is 9.59 Å². The van der Waals surface area contributed by atoms with Gasteiger partial charge in [0.1, 0.15) is 12.4 Å². The molecule has 0 radical (unpaired) electrons. The minimum atomic E-state index is -0.579. The number of ketones is 1. The largest absolute Gasteiger partial charge is 0.491 e. The molecule has 0 unspecified atom stereocenters. The van der Waals surface area contributed by atoms with Crippen LogP contribution in [0.4, 0.5) is 5.69 Å². The predicted molar refractivity (Wildman–Crippen MR) is 109 cm³/mol. The molecule has 30 heavy (non-hydrogen) atoms. The smallest absolute Gasteiger partial charge is 0.338 e. The Hall–Kier alpha value is -3.19. The fourth-order valence-electron chi connectivity index (χ4n) is 3.59. The van der Waals surface area contributed by atoms with Gasteiger partial charge in [0.05, 0.1) is 18.1 Å². The maximum atomic E-state index is 12.4. The van der Waals surface area contributed by atoms with Crippen LogP contribution in [0.25, 0.3) is 0 Å². The molecule has 7 heteroatoms. The van der Waals surface area contributed by atoms with Gasteiger partial charge in [0.15, 0.2) is 12.4 Å². The SMILES string of the molecule is CN1C(=O)Cc2cc(C(=O)COC(=O)c3ccc(OC[C@H]4CCCO4)cc3)ccc21. The lowest BCUT2D eigenvalue weighted by Gasteiger charge is -2.12. The number of likely N-dealkylation sites (N-methyl/N-ethyl adjacent to an activating group) is 1. The number of ether oxygens (including phenoxy) is 3. The highest BCUT2D eigenvalue weighted by molar-refractivity contribution is 6.04. The molecule has 2 heterocycles. The zero-order chi connectivity index (χ0) is 21.1. The topological polar surface area (TPSA) is 82.1 Å². The van der Waals surface area contributed by atoms with Crippen molar-refractivity contribution in [2.45, 2.75) is 25.4 Å².